The lowest BCUT2D eigenvalue weighted by atomic mass is 9.92. The highest BCUT2D eigenvalue weighted by atomic mass is 19.1. The minimum absolute atomic E-state index is 0.0320. The fraction of sp³-hybridized carbons (Fsp3) is 0.588. The van der Waals surface area contributed by atoms with E-state index in [2.05, 4.69) is 4.90 Å². The predicted molar refractivity (Wildman–Crippen MR) is 82.4 cm³/mol. The number of Topliss-reactive ketones (excluding diaryl/α,β-unsaturated/α-hetero) is 1. The number of anilines is 1. The molecule has 1 aromatic rings. The first-order valence-corrected chi connectivity index (χ1v) is 7.73. The Hall–Kier alpha value is -1.42. The molecular formula is C17H24FNO2. The van der Waals surface area contributed by atoms with Crippen molar-refractivity contribution in [2.45, 2.75) is 52.0 Å². The lowest BCUT2D eigenvalue weighted by Gasteiger charge is -2.37. The van der Waals surface area contributed by atoms with Crippen molar-refractivity contribution in [1.29, 1.82) is 0 Å². The number of ketones is 1. The summed E-state index contributed by atoms with van der Waals surface area (Å²) in [6.07, 6.45) is 5.71. The Kier molecular flexibility index (Phi) is 5.34. The van der Waals surface area contributed by atoms with Gasteiger partial charge in [0.1, 0.15) is 5.82 Å². The molecule has 1 fully saturated rings. The van der Waals surface area contributed by atoms with Crippen LogP contribution in [0.5, 0.6) is 0 Å². The molecule has 4 heteroatoms. The fourth-order valence-electron chi connectivity index (χ4n) is 3.19. The van der Waals surface area contributed by atoms with Gasteiger partial charge in [0.15, 0.2) is 5.78 Å². The van der Waals surface area contributed by atoms with Gasteiger partial charge >= 0.3 is 0 Å². The van der Waals surface area contributed by atoms with Crippen molar-refractivity contribution in [1.82, 2.24) is 0 Å². The molecule has 1 aliphatic carbocycles. The van der Waals surface area contributed by atoms with E-state index in [4.69, 9.17) is 0 Å². The molecule has 0 aromatic heterocycles. The normalized spacial score (nSPS) is 16.0. The van der Waals surface area contributed by atoms with Crippen molar-refractivity contribution >= 4 is 11.5 Å². The van der Waals surface area contributed by atoms with Gasteiger partial charge in [0.05, 0.1) is 6.61 Å². The maximum absolute atomic E-state index is 13.8. The Balaban J connectivity index is 2.42. The fourth-order valence-corrected chi connectivity index (χ4v) is 3.19. The number of aryl methyl sites for hydroxylation is 1. The van der Waals surface area contributed by atoms with Crippen LogP contribution in [0.15, 0.2) is 12.1 Å². The first kappa shape index (κ1) is 16.0. The maximum Gasteiger partial charge on any atom is 0.161 e. The number of carbonyl (C=O) groups excluding carboxylic acids is 1. The summed E-state index contributed by atoms with van der Waals surface area (Å²) in [4.78, 5) is 14.0. The quantitative estimate of drug-likeness (QED) is 0.845. The number of aliphatic hydroxyl groups is 1. The molecule has 0 radical (unpaired) electrons. The van der Waals surface area contributed by atoms with E-state index in [9.17, 15) is 14.3 Å². The molecular weight excluding hydrogens is 269 g/mol. The van der Waals surface area contributed by atoms with Gasteiger partial charge in [0, 0.05) is 23.8 Å². The molecule has 0 bridgehead atoms. The number of nitrogens with zero attached hydrogens (tertiary/aromatic N) is 1. The molecule has 2 rings (SSSR count). The lowest BCUT2D eigenvalue weighted by molar-refractivity contribution is 0.101. The van der Waals surface area contributed by atoms with Gasteiger partial charge in [-0.05, 0) is 44.4 Å². The molecule has 0 heterocycles. The minimum Gasteiger partial charge on any atom is -0.395 e. The monoisotopic (exact) mass is 293 g/mol. The zero-order valence-corrected chi connectivity index (χ0v) is 12.9. The summed E-state index contributed by atoms with van der Waals surface area (Å²) in [7, 11) is 0. The molecule has 0 spiro atoms. The first-order valence-electron chi connectivity index (χ1n) is 7.73. The Morgan fingerprint density at radius 1 is 1.33 bits per heavy atom. The zero-order valence-electron chi connectivity index (χ0n) is 12.9. The molecule has 1 N–H and O–H groups in total. The number of hydrogen-bond acceptors (Lipinski definition) is 3. The molecule has 3 nitrogen and oxygen atoms in total. The number of rotatable bonds is 5. The summed E-state index contributed by atoms with van der Waals surface area (Å²) >= 11 is 0. The van der Waals surface area contributed by atoms with E-state index >= 15 is 0 Å². The van der Waals surface area contributed by atoms with E-state index in [0.717, 1.165) is 18.5 Å². The van der Waals surface area contributed by atoms with Gasteiger partial charge in [0.2, 0.25) is 0 Å². The summed E-state index contributed by atoms with van der Waals surface area (Å²) in [5.74, 6) is -0.487. The summed E-state index contributed by atoms with van der Waals surface area (Å²) in [5.41, 5.74) is 1.72. The van der Waals surface area contributed by atoms with Crippen LogP contribution in [-0.4, -0.2) is 30.1 Å². The Morgan fingerprint density at radius 2 is 2.00 bits per heavy atom. The van der Waals surface area contributed by atoms with Crippen molar-refractivity contribution in [2.24, 2.45) is 0 Å². The molecule has 1 aliphatic rings. The standard InChI is InChI=1S/C17H24FNO2/c1-12-10-17(15(13(2)21)11-16(12)18)19(8-9-20)14-6-4-3-5-7-14/h10-11,14,20H,3-9H2,1-2H3. The summed E-state index contributed by atoms with van der Waals surface area (Å²) in [6, 6.07) is 3.41. The third-order valence-electron chi connectivity index (χ3n) is 4.32. The number of benzene rings is 1. The molecule has 0 aliphatic heterocycles. The SMILES string of the molecule is CC(=O)c1cc(F)c(C)cc1N(CCO)C1CCCCC1. The van der Waals surface area contributed by atoms with Crippen molar-refractivity contribution in [2.75, 3.05) is 18.1 Å². The van der Waals surface area contributed by atoms with Crippen LogP contribution in [0.25, 0.3) is 0 Å². The van der Waals surface area contributed by atoms with Gasteiger partial charge in [-0.2, -0.15) is 0 Å². The van der Waals surface area contributed by atoms with Gasteiger partial charge in [0.25, 0.3) is 0 Å². The average Bonchev–Trinajstić information content (AvgIpc) is 2.48. The third-order valence-corrected chi connectivity index (χ3v) is 4.32. The zero-order chi connectivity index (χ0) is 15.4. The van der Waals surface area contributed by atoms with Gasteiger partial charge < -0.3 is 10.0 Å². The molecule has 1 aromatic carbocycles. The number of aliphatic hydroxyl groups excluding tert-OH is 1. The van der Waals surface area contributed by atoms with E-state index in [0.29, 0.717) is 23.7 Å². The first-order chi connectivity index (χ1) is 10.0. The maximum atomic E-state index is 13.8. The average molecular weight is 293 g/mol. The summed E-state index contributed by atoms with van der Waals surface area (Å²) in [5, 5.41) is 9.38. The highest BCUT2D eigenvalue weighted by Crippen LogP contribution is 2.31. The largest absolute Gasteiger partial charge is 0.395 e. The van der Waals surface area contributed by atoms with Crippen LogP contribution >= 0.6 is 0 Å². The molecule has 21 heavy (non-hydrogen) atoms. The van der Waals surface area contributed by atoms with Gasteiger partial charge in [-0.3, -0.25) is 4.79 Å². The van der Waals surface area contributed by atoms with Crippen molar-refractivity contribution in [3.05, 3.63) is 29.1 Å². The second kappa shape index (κ2) is 7.03. The second-order valence-electron chi connectivity index (χ2n) is 5.88. The van der Waals surface area contributed by atoms with Crippen LogP contribution in [0.4, 0.5) is 10.1 Å². The smallest absolute Gasteiger partial charge is 0.161 e. The Labute approximate surface area is 125 Å². The molecule has 116 valence electrons. The highest BCUT2D eigenvalue weighted by molar-refractivity contribution is 6.00. The predicted octanol–water partition coefficient (Wildman–Crippen LogP) is 3.47. The second-order valence-corrected chi connectivity index (χ2v) is 5.88. The third kappa shape index (κ3) is 3.62. The number of hydrogen-bond donors (Lipinski definition) is 1. The van der Waals surface area contributed by atoms with E-state index in [-0.39, 0.29) is 18.2 Å². The van der Waals surface area contributed by atoms with E-state index in [1.165, 1.54) is 32.3 Å². The van der Waals surface area contributed by atoms with Crippen molar-refractivity contribution < 1.29 is 14.3 Å². The van der Waals surface area contributed by atoms with Crippen LogP contribution in [0.2, 0.25) is 0 Å². The summed E-state index contributed by atoms with van der Waals surface area (Å²) < 4.78 is 13.8. The molecule has 1 saturated carbocycles. The Morgan fingerprint density at radius 3 is 2.57 bits per heavy atom. The van der Waals surface area contributed by atoms with Crippen LogP contribution in [0, 0.1) is 12.7 Å². The molecule has 0 amide bonds. The Bertz CT molecular complexity index is 510. The minimum atomic E-state index is -0.350. The van der Waals surface area contributed by atoms with E-state index < -0.39 is 0 Å². The van der Waals surface area contributed by atoms with Crippen molar-refractivity contribution in [3.63, 3.8) is 0 Å². The van der Waals surface area contributed by atoms with Crippen LogP contribution in [-0.2, 0) is 0 Å². The van der Waals surface area contributed by atoms with E-state index in [1.807, 2.05) is 0 Å². The highest BCUT2D eigenvalue weighted by Gasteiger charge is 2.24. The number of carbonyl (C=O) groups is 1. The van der Waals surface area contributed by atoms with Gasteiger partial charge in [-0.15, -0.1) is 0 Å². The van der Waals surface area contributed by atoms with Crippen LogP contribution in [0.3, 0.4) is 0 Å². The van der Waals surface area contributed by atoms with E-state index in [1.54, 1.807) is 13.0 Å². The molecule has 0 unspecified atom stereocenters. The van der Waals surface area contributed by atoms with Gasteiger partial charge in [-0.1, -0.05) is 19.3 Å². The number of halogens is 1. The molecule has 0 atom stereocenters. The topological polar surface area (TPSA) is 40.5 Å². The van der Waals surface area contributed by atoms with Crippen LogP contribution in [0.1, 0.15) is 54.9 Å². The van der Waals surface area contributed by atoms with Crippen LogP contribution < -0.4 is 4.90 Å². The van der Waals surface area contributed by atoms with Gasteiger partial charge in [-0.25, -0.2) is 4.39 Å². The molecule has 0 saturated heterocycles. The van der Waals surface area contributed by atoms with Crippen molar-refractivity contribution in [3.8, 4) is 0 Å². The summed E-state index contributed by atoms with van der Waals surface area (Å²) in [6.45, 7) is 3.69. The lowest BCUT2D eigenvalue weighted by Crippen LogP contribution is -2.39.